The van der Waals surface area contributed by atoms with Gasteiger partial charge in [0.25, 0.3) is 0 Å². The van der Waals surface area contributed by atoms with E-state index in [0.717, 1.165) is 22.7 Å². The van der Waals surface area contributed by atoms with Crippen LogP contribution in [0.25, 0.3) is 0 Å². The Bertz CT molecular complexity index is 975. The van der Waals surface area contributed by atoms with E-state index in [1.165, 1.54) is 11.1 Å². The van der Waals surface area contributed by atoms with Crippen molar-refractivity contribution in [3.63, 3.8) is 0 Å². The summed E-state index contributed by atoms with van der Waals surface area (Å²) in [6.07, 6.45) is 0. The fraction of sp³-hybridized carbons (Fsp3) is 0.174. The minimum atomic E-state index is -0.0420. The Labute approximate surface area is 170 Å². The standard InChI is InChI=1S/C23H22N2O2S/c1-16-7-5-6-10-19(16)22(17-8-3-2-4-9-17)25-23(28)24-18-11-12-20-21(15-18)27-14-13-26-20/h2-12,15,22H,13-14H2,1H3,(H2,24,25,28). The highest BCUT2D eigenvalue weighted by Gasteiger charge is 2.18. The lowest BCUT2D eigenvalue weighted by molar-refractivity contribution is 0.171. The van der Waals surface area contributed by atoms with Crippen LogP contribution >= 0.6 is 12.2 Å². The van der Waals surface area contributed by atoms with Crippen LogP contribution in [0.5, 0.6) is 11.5 Å². The molecule has 5 heteroatoms. The molecule has 28 heavy (non-hydrogen) atoms. The summed E-state index contributed by atoms with van der Waals surface area (Å²) < 4.78 is 11.2. The number of thiocarbonyl (C=S) groups is 1. The molecule has 0 spiro atoms. The smallest absolute Gasteiger partial charge is 0.171 e. The zero-order valence-corrected chi connectivity index (χ0v) is 16.5. The zero-order chi connectivity index (χ0) is 19.3. The predicted octanol–water partition coefficient (Wildman–Crippen LogP) is 4.84. The van der Waals surface area contributed by atoms with Crippen LogP contribution in [0.4, 0.5) is 5.69 Å². The van der Waals surface area contributed by atoms with E-state index in [-0.39, 0.29) is 6.04 Å². The molecule has 4 nitrogen and oxygen atoms in total. The minimum absolute atomic E-state index is 0.0420. The first kappa shape index (κ1) is 18.3. The quantitative estimate of drug-likeness (QED) is 0.624. The molecule has 4 rings (SSSR count). The first-order valence-corrected chi connectivity index (χ1v) is 9.69. The van der Waals surface area contributed by atoms with Crippen LogP contribution in [-0.4, -0.2) is 18.3 Å². The van der Waals surface area contributed by atoms with Gasteiger partial charge in [-0.3, -0.25) is 0 Å². The average molecular weight is 391 g/mol. The van der Waals surface area contributed by atoms with E-state index in [0.29, 0.717) is 18.3 Å². The fourth-order valence-corrected chi connectivity index (χ4v) is 3.55. The van der Waals surface area contributed by atoms with Crippen molar-refractivity contribution in [2.24, 2.45) is 0 Å². The maximum absolute atomic E-state index is 5.65. The van der Waals surface area contributed by atoms with Gasteiger partial charge in [0.15, 0.2) is 16.6 Å². The van der Waals surface area contributed by atoms with Crippen LogP contribution in [-0.2, 0) is 0 Å². The van der Waals surface area contributed by atoms with Crippen molar-refractivity contribution in [1.29, 1.82) is 0 Å². The van der Waals surface area contributed by atoms with Gasteiger partial charge >= 0.3 is 0 Å². The second-order valence-corrected chi connectivity index (χ2v) is 7.07. The van der Waals surface area contributed by atoms with Crippen molar-refractivity contribution in [3.8, 4) is 11.5 Å². The van der Waals surface area contributed by atoms with E-state index >= 15 is 0 Å². The minimum Gasteiger partial charge on any atom is -0.486 e. The summed E-state index contributed by atoms with van der Waals surface area (Å²) in [5.41, 5.74) is 4.42. The molecular weight excluding hydrogens is 368 g/mol. The van der Waals surface area contributed by atoms with Crippen molar-refractivity contribution in [1.82, 2.24) is 5.32 Å². The van der Waals surface area contributed by atoms with Crippen molar-refractivity contribution < 1.29 is 9.47 Å². The van der Waals surface area contributed by atoms with Gasteiger partial charge in [-0.1, -0.05) is 54.6 Å². The molecule has 1 unspecified atom stereocenters. The van der Waals surface area contributed by atoms with E-state index < -0.39 is 0 Å². The third kappa shape index (κ3) is 4.10. The van der Waals surface area contributed by atoms with Crippen LogP contribution in [0.1, 0.15) is 22.7 Å². The van der Waals surface area contributed by atoms with E-state index in [1.807, 2.05) is 42.5 Å². The second-order valence-electron chi connectivity index (χ2n) is 6.66. The maximum atomic E-state index is 5.65. The van der Waals surface area contributed by atoms with Gasteiger partial charge in [0.05, 0.1) is 6.04 Å². The molecule has 1 aliphatic heterocycles. The SMILES string of the molecule is Cc1ccccc1C(NC(=S)Nc1ccc2c(c1)OCCO2)c1ccccc1. The van der Waals surface area contributed by atoms with Gasteiger partial charge in [0.2, 0.25) is 0 Å². The topological polar surface area (TPSA) is 42.5 Å². The Balaban J connectivity index is 1.55. The van der Waals surface area contributed by atoms with E-state index in [4.69, 9.17) is 21.7 Å². The van der Waals surface area contributed by atoms with E-state index in [1.54, 1.807) is 0 Å². The summed E-state index contributed by atoms with van der Waals surface area (Å²) in [6, 6.07) is 24.4. The Morgan fingerprint density at radius 1 is 0.893 bits per heavy atom. The van der Waals surface area contributed by atoms with Crippen molar-refractivity contribution in [2.45, 2.75) is 13.0 Å². The lowest BCUT2D eigenvalue weighted by Gasteiger charge is -2.24. The molecule has 142 valence electrons. The first-order chi connectivity index (χ1) is 13.7. The number of hydrogen-bond donors (Lipinski definition) is 2. The molecule has 0 fully saturated rings. The van der Waals surface area contributed by atoms with Crippen LogP contribution in [0.15, 0.2) is 72.8 Å². The zero-order valence-electron chi connectivity index (χ0n) is 15.6. The molecule has 1 atom stereocenters. The molecule has 0 saturated carbocycles. The van der Waals surface area contributed by atoms with Crippen molar-refractivity contribution in [3.05, 3.63) is 89.5 Å². The monoisotopic (exact) mass is 390 g/mol. The molecule has 3 aromatic rings. The molecule has 1 heterocycles. The number of anilines is 1. The Morgan fingerprint density at radius 2 is 1.61 bits per heavy atom. The maximum Gasteiger partial charge on any atom is 0.171 e. The van der Waals surface area contributed by atoms with Crippen LogP contribution in [0, 0.1) is 6.92 Å². The largest absolute Gasteiger partial charge is 0.486 e. The van der Waals surface area contributed by atoms with Gasteiger partial charge in [-0.15, -0.1) is 0 Å². The third-order valence-electron chi connectivity index (χ3n) is 4.71. The van der Waals surface area contributed by atoms with Gasteiger partial charge < -0.3 is 20.1 Å². The van der Waals surface area contributed by atoms with Crippen LogP contribution in [0.3, 0.4) is 0 Å². The summed E-state index contributed by atoms with van der Waals surface area (Å²) in [6.45, 7) is 3.25. The molecular formula is C23H22N2O2S. The second kappa shape index (κ2) is 8.31. The summed E-state index contributed by atoms with van der Waals surface area (Å²) in [5, 5.41) is 7.28. The normalized spacial score (nSPS) is 13.5. The van der Waals surface area contributed by atoms with E-state index in [9.17, 15) is 0 Å². The molecule has 2 N–H and O–H groups in total. The summed E-state index contributed by atoms with van der Waals surface area (Å²) >= 11 is 5.62. The number of hydrogen-bond acceptors (Lipinski definition) is 3. The summed E-state index contributed by atoms with van der Waals surface area (Å²) in [7, 11) is 0. The van der Waals surface area contributed by atoms with Gasteiger partial charge in [-0.2, -0.15) is 0 Å². The predicted molar refractivity (Wildman–Crippen MR) is 116 cm³/mol. The number of fused-ring (bicyclic) bond motifs is 1. The van der Waals surface area contributed by atoms with Gasteiger partial charge in [-0.25, -0.2) is 0 Å². The lowest BCUT2D eigenvalue weighted by atomic mass is 9.95. The molecule has 3 aromatic carbocycles. The molecule has 1 aliphatic rings. The molecule has 0 aliphatic carbocycles. The Kier molecular flexibility index (Phi) is 5.44. The number of rotatable bonds is 4. The highest BCUT2D eigenvalue weighted by molar-refractivity contribution is 7.80. The van der Waals surface area contributed by atoms with Gasteiger partial charge in [0, 0.05) is 11.8 Å². The molecule has 0 aromatic heterocycles. The Hall–Kier alpha value is -3.05. The van der Waals surface area contributed by atoms with E-state index in [2.05, 4.69) is 47.9 Å². The molecule has 0 amide bonds. The highest BCUT2D eigenvalue weighted by Crippen LogP contribution is 2.32. The number of benzene rings is 3. The fourth-order valence-electron chi connectivity index (χ4n) is 3.32. The average Bonchev–Trinajstić information content (AvgIpc) is 2.73. The summed E-state index contributed by atoms with van der Waals surface area (Å²) in [4.78, 5) is 0. The lowest BCUT2D eigenvalue weighted by Crippen LogP contribution is -2.33. The number of aryl methyl sites for hydroxylation is 1. The van der Waals surface area contributed by atoms with Crippen LogP contribution in [0.2, 0.25) is 0 Å². The highest BCUT2D eigenvalue weighted by atomic mass is 32.1. The van der Waals surface area contributed by atoms with Crippen molar-refractivity contribution in [2.75, 3.05) is 18.5 Å². The van der Waals surface area contributed by atoms with Gasteiger partial charge in [0.1, 0.15) is 13.2 Å². The molecule has 0 radical (unpaired) electrons. The van der Waals surface area contributed by atoms with Gasteiger partial charge in [-0.05, 0) is 48.0 Å². The number of nitrogens with one attached hydrogen (secondary N) is 2. The Morgan fingerprint density at radius 3 is 2.39 bits per heavy atom. The first-order valence-electron chi connectivity index (χ1n) is 9.28. The van der Waals surface area contributed by atoms with Crippen molar-refractivity contribution >= 4 is 23.0 Å². The third-order valence-corrected chi connectivity index (χ3v) is 4.93. The molecule has 0 bridgehead atoms. The number of ether oxygens (including phenoxy) is 2. The van der Waals surface area contributed by atoms with Crippen LogP contribution < -0.4 is 20.1 Å². The summed E-state index contributed by atoms with van der Waals surface area (Å²) in [5.74, 6) is 1.50. The molecule has 0 saturated heterocycles.